The number of nitro benzene ring substituents is 1. The summed E-state index contributed by atoms with van der Waals surface area (Å²) >= 11 is 0. The summed E-state index contributed by atoms with van der Waals surface area (Å²) in [7, 11) is 1.73. The third-order valence-electron chi connectivity index (χ3n) is 2.70. The van der Waals surface area contributed by atoms with Crippen molar-refractivity contribution in [1.29, 1.82) is 5.26 Å². The molecule has 0 N–H and O–H groups in total. The van der Waals surface area contributed by atoms with Gasteiger partial charge in [0.2, 0.25) is 0 Å². The second kappa shape index (κ2) is 6.75. The summed E-state index contributed by atoms with van der Waals surface area (Å²) in [6.45, 7) is 5.83. The molecule has 0 heterocycles. The van der Waals surface area contributed by atoms with Gasteiger partial charge in [0.1, 0.15) is 5.69 Å². The van der Waals surface area contributed by atoms with Crippen LogP contribution in [-0.2, 0) is 0 Å². The first kappa shape index (κ1) is 15.8. The number of anilines is 1. The van der Waals surface area contributed by atoms with Crippen LogP contribution in [0.2, 0.25) is 0 Å². The molecule has 0 spiro atoms. The first-order valence-electron chi connectivity index (χ1n) is 6.41. The maximum absolute atomic E-state index is 11.3. The fraction of sp³-hybridized carbons (Fsp3) is 0.500. The highest BCUT2D eigenvalue weighted by Crippen LogP contribution is 2.37. The van der Waals surface area contributed by atoms with Gasteiger partial charge in [-0.2, -0.15) is 5.26 Å². The fourth-order valence-corrected chi connectivity index (χ4v) is 1.90. The molecular weight excluding hydrogens is 258 g/mol. The lowest BCUT2D eigenvalue weighted by Gasteiger charge is -2.21. The monoisotopic (exact) mass is 277 g/mol. The van der Waals surface area contributed by atoms with Gasteiger partial charge in [-0.15, -0.1) is 0 Å². The Labute approximate surface area is 118 Å². The van der Waals surface area contributed by atoms with E-state index in [1.807, 2.05) is 13.8 Å². The molecule has 1 unspecified atom stereocenters. The van der Waals surface area contributed by atoms with E-state index in [0.717, 1.165) is 0 Å². The molecule has 1 aromatic rings. The first-order chi connectivity index (χ1) is 9.36. The predicted octanol–water partition coefficient (Wildman–Crippen LogP) is 2.98. The zero-order chi connectivity index (χ0) is 15.3. The Morgan fingerprint density at radius 2 is 2.10 bits per heavy atom. The van der Waals surface area contributed by atoms with Gasteiger partial charge in [-0.3, -0.25) is 10.1 Å². The van der Waals surface area contributed by atoms with Crippen molar-refractivity contribution in [2.24, 2.45) is 5.92 Å². The zero-order valence-electron chi connectivity index (χ0n) is 12.2. The van der Waals surface area contributed by atoms with Gasteiger partial charge in [0.25, 0.3) is 0 Å². The molecular formula is C14H19N3O3. The van der Waals surface area contributed by atoms with Gasteiger partial charge in [-0.1, -0.05) is 6.07 Å². The van der Waals surface area contributed by atoms with E-state index >= 15 is 0 Å². The molecule has 0 aliphatic rings. The minimum absolute atomic E-state index is 0.0613. The average molecular weight is 277 g/mol. The molecule has 0 aliphatic heterocycles. The topological polar surface area (TPSA) is 79.4 Å². The standard InChI is InChI=1S/C14H19N3O3/c1-10(2)20-13-7-5-6-12(14(13)17(18)19)16(4)9-11(3)8-15/h5-7,10-11H,9H2,1-4H3. The summed E-state index contributed by atoms with van der Waals surface area (Å²) in [4.78, 5) is 12.6. The summed E-state index contributed by atoms with van der Waals surface area (Å²) in [6, 6.07) is 7.08. The van der Waals surface area contributed by atoms with Gasteiger partial charge in [-0.25, -0.2) is 0 Å². The summed E-state index contributed by atoms with van der Waals surface area (Å²) in [5, 5.41) is 20.2. The summed E-state index contributed by atoms with van der Waals surface area (Å²) in [5.74, 6) is 0.0354. The van der Waals surface area contributed by atoms with E-state index in [-0.39, 0.29) is 23.5 Å². The minimum Gasteiger partial charge on any atom is -0.484 e. The van der Waals surface area contributed by atoms with E-state index in [4.69, 9.17) is 10.00 Å². The summed E-state index contributed by atoms with van der Waals surface area (Å²) < 4.78 is 5.50. The van der Waals surface area contributed by atoms with Crippen molar-refractivity contribution >= 4 is 11.4 Å². The predicted molar refractivity (Wildman–Crippen MR) is 76.9 cm³/mol. The molecule has 20 heavy (non-hydrogen) atoms. The van der Waals surface area contributed by atoms with Crippen molar-refractivity contribution < 1.29 is 9.66 Å². The Kier molecular flexibility index (Phi) is 5.32. The Morgan fingerprint density at radius 1 is 1.45 bits per heavy atom. The molecule has 0 bridgehead atoms. The van der Waals surface area contributed by atoms with Gasteiger partial charge in [0, 0.05) is 13.6 Å². The molecule has 0 saturated carbocycles. The quantitative estimate of drug-likeness (QED) is 0.590. The highest BCUT2D eigenvalue weighted by Gasteiger charge is 2.24. The van der Waals surface area contributed by atoms with Crippen molar-refractivity contribution in [1.82, 2.24) is 0 Å². The summed E-state index contributed by atoms with van der Waals surface area (Å²) in [5.41, 5.74) is 0.393. The van der Waals surface area contributed by atoms with Crippen molar-refractivity contribution in [2.45, 2.75) is 26.9 Å². The highest BCUT2D eigenvalue weighted by molar-refractivity contribution is 5.69. The van der Waals surface area contributed by atoms with Crippen LogP contribution < -0.4 is 9.64 Å². The van der Waals surface area contributed by atoms with Gasteiger partial charge >= 0.3 is 5.69 Å². The SMILES string of the molecule is CC(C#N)CN(C)c1cccc(OC(C)C)c1[N+](=O)[O-]. The van der Waals surface area contributed by atoms with Gasteiger partial charge < -0.3 is 9.64 Å². The van der Waals surface area contributed by atoms with Gasteiger partial charge in [0.15, 0.2) is 5.75 Å². The van der Waals surface area contributed by atoms with Crippen LogP contribution in [-0.4, -0.2) is 24.6 Å². The van der Waals surface area contributed by atoms with Gasteiger partial charge in [-0.05, 0) is 32.9 Å². The third-order valence-corrected chi connectivity index (χ3v) is 2.70. The van der Waals surface area contributed by atoms with Crippen LogP contribution in [0, 0.1) is 27.4 Å². The lowest BCUT2D eigenvalue weighted by Crippen LogP contribution is -2.24. The normalized spacial score (nSPS) is 11.8. The van der Waals surface area contributed by atoms with Crippen molar-refractivity contribution in [3.05, 3.63) is 28.3 Å². The van der Waals surface area contributed by atoms with Crippen LogP contribution in [0.1, 0.15) is 20.8 Å². The number of nitro groups is 1. The second-order valence-corrected chi connectivity index (χ2v) is 4.96. The number of ether oxygens (including phenoxy) is 1. The minimum atomic E-state index is -0.444. The van der Waals surface area contributed by atoms with Crippen LogP contribution >= 0.6 is 0 Å². The van der Waals surface area contributed by atoms with Crippen LogP contribution in [0.15, 0.2) is 18.2 Å². The van der Waals surface area contributed by atoms with Crippen molar-refractivity contribution in [3.8, 4) is 11.8 Å². The molecule has 0 fully saturated rings. The third kappa shape index (κ3) is 3.85. The molecule has 6 nitrogen and oxygen atoms in total. The average Bonchev–Trinajstić information content (AvgIpc) is 2.37. The molecule has 0 aromatic heterocycles. The van der Waals surface area contributed by atoms with E-state index in [0.29, 0.717) is 12.2 Å². The highest BCUT2D eigenvalue weighted by atomic mass is 16.6. The Morgan fingerprint density at radius 3 is 2.60 bits per heavy atom. The molecule has 0 amide bonds. The number of nitrogens with zero attached hydrogens (tertiary/aromatic N) is 3. The number of hydrogen-bond acceptors (Lipinski definition) is 5. The largest absolute Gasteiger partial charge is 0.484 e. The number of hydrogen-bond donors (Lipinski definition) is 0. The van der Waals surface area contributed by atoms with Crippen LogP contribution in [0.5, 0.6) is 5.75 Å². The number of rotatable bonds is 6. The smallest absolute Gasteiger partial charge is 0.333 e. The van der Waals surface area contributed by atoms with E-state index in [1.54, 1.807) is 37.1 Å². The Hall–Kier alpha value is -2.29. The maximum Gasteiger partial charge on any atom is 0.333 e. The second-order valence-electron chi connectivity index (χ2n) is 4.96. The molecule has 6 heteroatoms. The van der Waals surface area contributed by atoms with Crippen LogP contribution in [0.4, 0.5) is 11.4 Å². The van der Waals surface area contributed by atoms with E-state index in [9.17, 15) is 10.1 Å². The molecule has 0 aliphatic carbocycles. The first-order valence-corrected chi connectivity index (χ1v) is 6.41. The molecule has 1 rings (SSSR count). The number of nitriles is 1. The molecule has 0 radical (unpaired) electrons. The maximum atomic E-state index is 11.3. The number of para-hydroxylation sites is 1. The molecule has 1 aromatic carbocycles. The van der Waals surface area contributed by atoms with Crippen LogP contribution in [0.3, 0.4) is 0 Å². The Balaban J connectivity index is 3.19. The summed E-state index contributed by atoms with van der Waals surface area (Å²) in [6.07, 6.45) is -0.146. The zero-order valence-corrected chi connectivity index (χ0v) is 12.2. The molecule has 1 atom stereocenters. The lowest BCUT2D eigenvalue weighted by molar-refractivity contribution is -0.385. The van der Waals surface area contributed by atoms with Crippen molar-refractivity contribution in [2.75, 3.05) is 18.5 Å². The van der Waals surface area contributed by atoms with E-state index in [2.05, 4.69) is 6.07 Å². The molecule has 108 valence electrons. The number of benzene rings is 1. The van der Waals surface area contributed by atoms with Crippen LogP contribution in [0.25, 0.3) is 0 Å². The lowest BCUT2D eigenvalue weighted by atomic mass is 10.1. The molecule has 0 saturated heterocycles. The van der Waals surface area contributed by atoms with Crippen molar-refractivity contribution in [3.63, 3.8) is 0 Å². The van der Waals surface area contributed by atoms with E-state index in [1.165, 1.54) is 0 Å². The van der Waals surface area contributed by atoms with Gasteiger partial charge in [0.05, 0.1) is 23.0 Å². The Bertz CT molecular complexity index is 523. The van der Waals surface area contributed by atoms with E-state index < -0.39 is 4.92 Å². The fourth-order valence-electron chi connectivity index (χ4n) is 1.90.